The molecule has 128 valence electrons. The van der Waals surface area contributed by atoms with E-state index in [9.17, 15) is 13.2 Å². The number of aromatic nitrogens is 2. The third-order valence-corrected chi connectivity index (χ3v) is 6.58. The topological polar surface area (TPSA) is 92.3 Å². The summed E-state index contributed by atoms with van der Waals surface area (Å²) in [6, 6.07) is 7.95. The molecule has 1 N–H and O–H groups in total. The molecule has 0 bridgehead atoms. The van der Waals surface area contributed by atoms with Crippen molar-refractivity contribution >= 4 is 44.2 Å². The lowest BCUT2D eigenvalue weighted by molar-refractivity contribution is -0.116. The standard InChI is InChI=1S/C14H16N4O3S3/c1-3-9-22-14-17-16-13(23-14)15-12(19)10-18(2)24(20,21)11-7-5-4-6-8-11/h3-8H,1,9-10H2,2H3,(H,15,16,19). The van der Waals surface area contributed by atoms with E-state index in [0.717, 1.165) is 4.31 Å². The fraction of sp³-hybridized carbons (Fsp3) is 0.214. The molecule has 0 saturated carbocycles. The van der Waals surface area contributed by atoms with E-state index in [2.05, 4.69) is 22.1 Å². The third-order valence-electron chi connectivity index (χ3n) is 2.80. The van der Waals surface area contributed by atoms with Gasteiger partial charge in [0.15, 0.2) is 4.34 Å². The summed E-state index contributed by atoms with van der Waals surface area (Å²) in [5.41, 5.74) is 0. The first-order valence-electron chi connectivity index (χ1n) is 6.82. The molecule has 0 spiro atoms. The Hall–Kier alpha value is -1.75. The van der Waals surface area contributed by atoms with Crippen LogP contribution in [-0.2, 0) is 14.8 Å². The number of sulfonamides is 1. The summed E-state index contributed by atoms with van der Waals surface area (Å²) in [5.74, 6) is 0.217. The van der Waals surface area contributed by atoms with E-state index in [-0.39, 0.29) is 11.4 Å². The van der Waals surface area contributed by atoms with Crippen molar-refractivity contribution in [1.82, 2.24) is 14.5 Å². The maximum atomic E-state index is 12.4. The highest BCUT2D eigenvalue weighted by Crippen LogP contribution is 2.25. The number of thioether (sulfide) groups is 1. The van der Waals surface area contributed by atoms with Gasteiger partial charge in [-0.05, 0) is 12.1 Å². The Balaban J connectivity index is 1.96. The van der Waals surface area contributed by atoms with Crippen molar-refractivity contribution in [2.24, 2.45) is 0 Å². The van der Waals surface area contributed by atoms with Crippen LogP contribution in [0.4, 0.5) is 5.13 Å². The molecular weight excluding hydrogens is 368 g/mol. The fourth-order valence-corrected chi connectivity index (χ4v) is 4.34. The SMILES string of the molecule is C=CCSc1nnc(NC(=O)CN(C)S(=O)(=O)c2ccccc2)s1. The summed E-state index contributed by atoms with van der Waals surface area (Å²) in [6.07, 6.45) is 1.74. The van der Waals surface area contributed by atoms with Crippen LogP contribution in [-0.4, -0.2) is 48.2 Å². The van der Waals surface area contributed by atoms with Crippen LogP contribution in [0.15, 0.2) is 52.2 Å². The molecule has 0 fully saturated rings. The minimum Gasteiger partial charge on any atom is -0.299 e. The normalized spacial score (nSPS) is 11.4. The first kappa shape index (κ1) is 18.6. The van der Waals surface area contributed by atoms with E-state index in [4.69, 9.17) is 0 Å². The van der Waals surface area contributed by atoms with Crippen molar-refractivity contribution in [2.75, 3.05) is 24.7 Å². The molecule has 0 unspecified atom stereocenters. The highest BCUT2D eigenvalue weighted by atomic mass is 32.2. The Labute approximate surface area is 148 Å². The van der Waals surface area contributed by atoms with Crippen molar-refractivity contribution in [1.29, 1.82) is 0 Å². The number of amides is 1. The Bertz CT molecular complexity index is 806. The van der Waals surface area contributed by atoms with E-state index < -0.39 is 15.9 Å². The highest BCUT2D eigenvalue weighted by Gasteiger charge is 2.23. The van der Waals surface area contributed by atoms with E-state index in [0.29, 0.717) is 15.2 Å². The van der Waals surface area contributed by atoms with Gasteiger partial charge in [-0.3, -0.25) is 10.1 Å². The van der Waals surface area contributed by atoms with Crippen LogP contribution in [0.1, 0.15) is 0 Å². The smallest absolute Gasteiger partial charge is 0.243 e. The Morgan fingerprint density at radius 3 is 2.75 bits per heavy atom. The highest BCUT2D eigenvalue weighted by molar-refractivity contribution is 8.01. The minimum atomic E-state index is -3.71. The Morgan fingerprint density at radius 2 is 2.08 bits per heavy atom. The first-order chi connectivity index (χ1) is 11.4. The number of nitrogens with zero attached hydrogens (tertiary/aromatic N) is 3. The maximum Gasteiger partial charge on any atom is 0.243 e. The van der Waals surface area contributed by atoms with Crippen LogP contribution in [0.2, 0.25) is 0 Å². The van der Waals surface area contributed by atoms with Crippen LogP contribution in [0.25, 0.3) is 0 Å². The van der Waals surface area contributed by atoms with Crippen LogP contribution in [0, 0.1) is 0 Å². The molecule has 7 nitrogen and oxygen atoms in total. The minimum absolute atomic E-state index is 0.138. The number of nitrogens with one attached hydrogen (secondary N) is 1. The number of rotatable bonds is 8. The average Bonchev–Trinajstić information content (AvgIpc) is 3.00. The van der Waals surface area contributed by atoms with Gasteiger partial charge in [-0.1, -0.05) is 47.4 Å². The molecule has 0 saturated heterocycles. The largest absolute Gasteiger partial charge is 0.299 e. The Morgan fingerprint density at radius 1 is 1.38 bits per heavy atom. The van der Waals surface area contributed by atoms with Crippen LogP contribution in [0.5, 0.6) is 0 Å². The fourth-order valence-electron chi connectivity index (χ4n) is 1.67. The molecule has 2 rings (SSSR count). The van der Waals surface area contributed by atoms with Gasteiger partial charge in [0.25, 0.3) is 0 Å². The summed E-state index contributed by atoms with van der Waals surface area (Å²) in [5, 5.41) is 10.7. The molecular formula is C14H16N4O3S3. The van der Waals surface area contributed by atoms with Crippen molar-refractivity contribution < 1.29 is 13.2 Å². The summed E-state index contributed by atoms with van der Waals surface area (Å²) in [4.78, 5) is 12.2. The number of anilines is 1. The Kier molecular flexibility index (Phi) is 6.49. The van der Waals surface area contributed by atoms with Crippen molar-refractivity contribution in [3.8, 4) is 0 Å². The third kappa shape index (κ3) is 4.87. The van der Waals surface area contributed by atoms with Crippen molar-refractivity contribution in [2.45, 2.75) is 9.24 Å². The maximum absolute atomic E-state index is 12.4. The summed E-state index contributed by atoms with van der Waals surface area (Å²) < 4.78 is 26.4. The van der Waals surface area contributed by atoms with Gasteiger partial charge in [0.05, 0.1) is 11.4 Å². The summed E-state index contributed by atoms with van der Waals surface area (Å²) in [7, 11) is -2.35. The van der Waals surface area contributed by atoms with Crippen LogP contribution >= 0.6 is 23.1 Å². The predicted molar refractivity (Wildman–Crippen MR) is 95.7 cm³/mol. The molecule has 1 aromatic carbocycles. The zero-order valence-corrected chi connectivity index (χ0v) is 15.3. The van der Waals surface area contributed by atoms with Gasteiger partial charge in [0.2, 0.25) is 21.1 Å². The second kappa shape index (κ2) is 8.38. The number of carbonyl (C=O) groups is 1. The van der Waals surface area contributed by atoms with Crippen LogP contribution < -0.4 is 5.32 Å². The molecule has 0 aliphatic carbocycles. The van der Waals surface area contributed by atoms with Gasteiger partial charge in [-0.2, -0.15) is 4.31 Å². The zero-order chi connectivity index (χ0) is 17.6. The molecule has 0 atom stereocenters. The summed E-state index contributed by atoms with van der Waals surface area (Å²) >= 11 is 2.68. The number of benzene rings is 1. The van der Waals surface area contributed by atoms with Gasteiger partial charge < -0.3 is 0 Å². The quantitative estimate of drug-likeness (QED) is 0.426. The zero-order valence-electron chi connectivity index (χ0n) is 12.9. The lowest BCUT2D eigenvalue weighted by Crippen LogP contribution is -2.34. The monoisotopic (exact) mass is 384 g/mol. The molecule has 2 aromatic rings. The number of carbonyl (C=O) groups excluding carboxylic acids is 1. The number of hydrogen-bond acceptors (Lipinski definition) is 7. The second-order valence-corrected chi connectivity index (χ2v) is 8.88. The molecule has 1 aromatic heterocycles. The average molecular weight is 385 g/mol. The number of likely N-dealkylation sites (N-methyl/N-ethyl adjacent to an activating group) is 1. The molecule has 10 heteroatoms. The van der Waals surface area contributed by atoms with E-state index in [1.807, 2.05) is 0 Å². The molecule has 1 amide bonds. The van der Waals surface area contributed by atoms with Gasteiger partial charge >= 0.3 is 0 Å². The van der Waals surface area contributed by atoms with Crippen molar-refractivity contribution in [3.63, 3.8) is 0 Å². The first-order valence-corrected chi connectivity index (χ1v) is 10.1. The summed E-state index contributed by atoms with van der Waals surface area (Å²) in [6.45, 7) is 3.30. The van der Waals surface area contributed by atoms with Gasteiger partial charge in [-0.15, -0.1) is 16.8 Å². The molecule has 0 aliphatic rings. The van der Waals surface area contributed by atoms with E-state index in [1.165, 1.54) is 42.3 Å². The van der Waals surface area contributed by atoms with Crippen molar-refractivity contribution in [3.05, 3.63) is 43.0 Å². The predicted octanol–water partition coefficient (Wildman–Crippen LogP) is 2.08. The van der Waals surface area contributed by atoms with Crippen LogP contribution in [0.3, 0.4) is 0 Å². The van der Waals surface area contributed by atoms with Gasteiger partial charge in [0.1, 0.15) is 0 Å². The van der Waals surface area contributed by atoms with E-state index in [1.54, 1.807) is 24.3 Å². The van der Waals surface area contributed by atoms with Gasteiger partial charge in [0, 0.05) is 12.8 Å². The molecule has 0 radical (unpaired) electrons. The molecule has 24 heavy (non-hydrogen) atoms. The van der Waals surface area contributed by atoms with E-state index >= 15 is 0 Å². The molecule has 1 heterocycles. The lowest BCUT2D eigenvalue weighted by Gasteiger charge is -2.16. The second-order valence-electron chi connectivity index (χ2n) is 4.60. The van der Waals surface area contributed by atoms with Gasteiger partial charge in [-0.25, -0.2) is 8.42 Å². The lowest BCUT2D eigenvalue weighted by atomic mass is 10.4. The number of hydrogen-bond donors (Lipinski definition) is 1. The molecule has 0 aliphatic heterocycles.